The van der Waals surface area contributed by atoms with Gasteiger partial charge in [0.05, 0.1) is 12.3 Å². The van der Waals surface area contributed by atoms with Crippen LogP contribution in [-0.2, 0) is 0 Å². The van der Waals surface area contributed by atoms with Gasteiger partial charge >= 0.3 is 0 Å². The lowest BCUT2D eigenvalue weighted by Crippen LogP contribution is -2.09. The minimum Gasteiger partial charge on any atom is -0.467 e. The van der Waals surface area contributed by atoms with Crippen LogP contribution in [0.25, 0.3) is 0 Å². The van der Waals surface area contributed by atoms with E-state index >= 15 is 0 Å². The summed E-state index contributed by atoms with van der Waals surface area (Å²) in [5, 5.41) is 3.56. The molecule has 0 aliphatic rings. The predicted octanol–water partition coefficient (Wildman–Crippen LogP) is 5.12. The number of nitrogens with one attached hydrogen (secondary N) is 1. The van der Waals surface area contributed by atoms with Crippen LogP contribution in [0, 0.1) is 0 Å². The van der Waals surface area contributed by atoms with Crippen molar-refractivity contribution in [1.29, 1.82) is 0 Å². The monoisotopic (exact) mass is 273 g/mol. The Kier molecular flexibility index (Phi) is 5.16. The van der Waals surface area contributed by atoms with Gasteiger partial charge in [-0.3, -0.25) is 0 Å². The topological polar surface area (TPSA) is 25.2 Å². The molecular weight excluding hydrogens is 254 g/mol. The molecule has 1 unspecified atom stereocenters. The predicted molar refractivity (Wildman–Crippen MR) is 82.7 cm³/mol. The van der Waals surface area contributed by atoms with E-state index in [0.717, 1.165) is 23.6 Å². The largest absolute Gasteiger partial charge is 0.467 e. The molecule has 1 aromatic carbocycles. The van der Waals surface area contributed by atoms with Crippen LogP contribution in [0.4, 0.5) is 5.69 Å². The van der Waals surface area contributed by atoms with Gasteiger partial charge in [-0.25, -0.2) is 0 Å². The summed E-state index contributed by atoms with van der Waals surface area (Å²) in [5.41, 5.74) is 1.15. The Morgan fingerprint density at radius 1 is 1.32 bits per heavy atom. The summed E-state index contributed by atoms with van der Waals surface area (Å²) < 4.78 is 5.49. The summed E-state index contributed by atoms with van der Waals surface area (Å²) in [6.07, 6.45) is 4.62. The minimum absolute atomic E-state index is 0.209. The van der Waals surface area contributed by atoms with Gasteiger partial charge in [-0.1, -0.05) is 25.1 Å². The summed E-state index contributed by atoms with van der Waals surface area (Å²) >= 11 is 1.79. The third-order valence-corrected chi connectivity index (χ3v) is 3.94. The molecule has 2 aromatic rings. The number of para-hydroxylation sites is 1. The maximum atomic E-state index is 5.49. The minimum atomic E-state index is 0.209. The maximum absolute atomic E-state index is 5.49. The van der Waals surface area contributed by atoms with E-state index < -0.39 is 0 Å². The molecule has 0 amide bonds. The van der Waals surface area contributed by atoms with E-state index in [1.54, 1.807) is 18.0 Å². The lowest BCUT2D eigenvalue weighted by Gasteiger charge is -2.18. The second-order valence-electron chi connectivity index (χ2n) is 4.22. The number of thioether (sulfide) groups is 1. The molecule has 1 atom stereocenters. The Morgan fingerprint density at radius 2 is 2.16 bits per heavy atom. The van der Waals surface area contributed by atoms with E-state index in [1.807, 2.05) is 18.2 Å². The number of hydrogen-bond acceptors (Lipinski definition) is 3. The van der Waals surface area contributed by atoms with Crippen molar-refractivity contribution < 1.29 is 4.42 Å². The first-order valence-corrected chi connectivity index (χ1v) is 7.46. The van der Waals surface area contributed by atoms with Crippen molar-refractivity contribution in [2.75, 3.05) is 11.1 Å². The lowest BCUT2D eigenvalue weighted by atomic mass is 10.1. The Bertz CT molecular complexity index is 507. The van der Waals surface area contributed by atoms with Gasteiger partial charge in [0.1, 0.15) is 5.76 Å². The zero-order valence-electron chi connectivity index (χ0n) is 11.1. The molecule has 0 aliphatic carbocycles. The Hall–Kier alpha value is -1.61. The van der Waals surface area contributed by atoms with Gasteiger partial charge in [-0.2, -0.15) is 0 Å². The van der Waals surface area contributed by atoms with Gasteiger partial charge in [-0.15, -0.1) is 18.3 Å². The van der Waals surface area contributed by atoms with E-state index in [9.17, 15) is 0 Å². The van der Waals surface area contributed by atoms with Crippen molar-refractivity contribution in [1.82, 2.24) is 0 Å². The fraction of sp³-hybridized carbons (Fsp3) is 0.250. The van der Waals surface area contributed by atoms with Crippen LogP contribution < -0.4 is 5.32 Å². The second kappa shape index (κ2) is 7.10. The number of rotatable bonds is 7. The molecule has 19 heavy (non-hydrogen) atoms. The molecule has 1 aromatic heterocycles. The van der Waals surface area contributed by atoms with Crippen molar-refractivity contribution in [3.05, 3.63) is 61.1 Å². The van der Waals surface area contributed by atoms with E-state index in [1.165, 1.54) is 4.90 Å². The molecule has 2 rings (SSSR count). The average Bonchev–Trinajstić information content (AvgIpc) is 2.97. The van der Waals surface area contributed by atoms with Crippen molar-refractivity contribution >= 4 is 17.4 Å². The Morgan fingerprint density at radius 3 is 2.84 bits per heavy atom. The first-order chi connectivity index (χ1) is 9.35. The Balaban J connectivity index is 2.15. The normalized spacial score (nSPS) is 12.1. The third kappa shape index (κ3) is 3.67. The van der Waals surface area contributed by atoms with Gasteiger partial charge in [0.15, 0.2) is 0 Å². The highest BCUT2D eigenvalue weighted by molar-refractivity contribution is 7.99. The van der Waals surface area contributed by atoms with E-state index in [2.05, 4.69) is 43.1 Å². The van der Waals surface area contributed by atoms with Gasteiger partial charge in [-0.05, 0) is 30.7 Å². The van der Waals surface area contributed by atoms with Gasteiger partial charge in [0, 0.05) is 16.3 Å². The van der Waals surface area contributed by atoms with Crippen LogP contribution in [0.3, 0.4) is 0 Å². The highest BCUT2D eigenvalue weighted by Crippen LogP contribution is 2.31. The molecule has 3 heteroatoms. The van der Waals surface area contributed by atoms with Gasteiger partial charge in [0.2, 0.25) is 0 Å². The van der Waals surface area contributed by atoms with Crippen LogP contribution in [-0.4, -0.2) is 5.75 Å². The molecule has 0 spiro atoms. The van der Waals surface area contributed by atoms with Crippen molar-refractivity contribution in [2.24, 2.45) is 0 Å². The average molecular weight is 273 g/mol. The molecule has 1 N–H and O–H groups in total. The zero-order valence-corrected chi connectivity index (χ0v) is 12.0. The molecule has 1 heterocycles. The number of benzene rings is 1. The van der Waals surface area contributed by atoms with Crippen LogP contribution >= 0.6 is 11.8 Å². The zero-order chi connectivity index (χ0) is 13.5. The number of hydrogen-bond donors (Lipinski definition) is 1. The van der Waals surface area contributed by atoms with Gasteiger partial charge < -0.3 is 9.73 Å². The first-order valence-electron chi connectivity index (χ1n) is 6.47. The van der Waals surface area contributed by atoms with Crippen LogP contribution in [0.5, 0.6) is 0 Å². The molecule has 0 bridgehead atoms. The molecule has 100 valence electrons. The number of furan rings is 1. The fourth-order valence-corrected chi connectivity index (χ4v) is 2.67. The fourth-order valence-electron chi connectivity index (χ4n) is 1.91. The SMILES string of the molecule is C=CCSc1ccccc1NC(CC)c1ccco1. The van der Waals surface area contributed by atoms with E-state index in [0.29, 0.717) is 0 Å². The van der Waals surface area contributed by atoms with Crippen LogP contribution in [0.1, 0.15) is 25.1 Å². The molecule has 0 aliphatic heterocycles. The quantitative estimate of drug-likeness (QED) is 0.560. The molecule has 2 nitrogen and oxygen atoms in total. The summed E-state index contributed by atoms with van der Waals surface area (Å²) in [4.78, 5) is 1.24. The maximum Gasteiger partial charge on any atom is 0.125 e. The molecule has 0 saturated carbocycles. The van der Waals surface area contributed by atoms with Gasteiger partial charge in [0.25, 0.3) is 0 Å². The Labute approximate surface area is 118 Å². The van der Waals surface area contributed by atoms with E-state index in [4.69, 9.17) is 4.42 Å². The highest BCUT2D eigenvalue weighted by atomic mass is 32.2. The molecular formula is C16H19NOS. The summed E-state index contributed by atoms with van der Waals surface area (Å²) in [5.74, 6) is 1.89. The molecule has 0 radical (unpaired) electrons. The van der Waals surface area contributed by atoms with Crippen molar-refractivity contribution in [3.63, 3.8) is 0 Å². The standard InChI is InChI=1S/C16H19NOS/c1-3-12-19-16-10-6-5-8-14(16)17-13(4-2)15-9-7-11-18-15/h3,5-11,13,17H,1,4,12H2,2H3. The van der Waals surface area contributed by atoms with Crippen LogP contribution in [0.15, 0.2) is 64.6 Å². The second-order valence-corrected chi connectivity index (χ2v) is 5.28. The summed E-state index contributed by atoms with van der Waals surface area (Å²) in [6, 6.07) is 12.5. The summed E-state index contributed by atoms with van der Waals surface area (Å²) in [7, 11) is 0. The first kappa shape index (κ1) is 13.8. The third-order valence-electron chi connectivity index (χ3n) is 2.87. The summed E-state index contributed by atoms with van der Waals surface area (Å²) in [6.45, 7) is 5.92. The highest BCUT2D eigenvalue weighted by Gasteiger charge is 2.13. The van der Waals surface area contributed by atoms with Crippen LogP contribution in [0.2, 0.25) is 0 Å². The lowest BCUT2D eigenvalue weighted by molar-refractivity contribution is 0.473. The van der Waals surface area contributed by atoms with Crippen molar-refractivity contribution in [3.8, 4) is 0 Å². The van der Waals surface area contributed by atoms with Crippen molar-refractivity contribution in [2.45, 2.75) is 24.3 Å². The molecule has 0 saturated heterocycles. The molecule has 0 fully saturated rings. The number of anilines is 1. The van der Waals surface area contributed by atoms with E-state index in [-0.39, 0.29) is 6.04 Å². The smallest absolute Gasteiger partial charge is 0.125 e.